The summed E-state index contributed by atoms with van der Waals surface area (Å²) >= 11 is 1.52. The van der Waals surface area contributed by atoms with Crippen LogP contribution in [0.3, 0.4) is 0 Å². The van der Waals surface area contributed by atoms with E-state index in [2.05, 4.69) is 10.2 Å². The van der Waals surface area contributed by atoms with Crippen LogP contribution in [0.5, 0.6) is 0 Å². The molecular formula is C16H17N3OS. The third-order valence-corrected chi connectivity index (χ3v) is 4.12. The minimum Gasteiger partial charge on any atom is -0.364 e. The molecule has 108 valence electrons. The first-order chi connectivity index (χ1) is 10.2. The lowest BCUT2D eigenvalue weighted by Gasteiger charge is -1.97. The molecule has 4 nitrogen and oxygen atoms in total. The Morgan fingerprint density at radius 2 is 1.81 bits per heavy atom. The second-order valence-corrected chi connectivity index (χ2v) is 5.27. The van der Waals surface area contributed by atoms with Crippen molar-refractivity contribution in [2.24, 2.45) is 5.73 Å². The van der Waals surface area contributed by atoms with Gasteiger partial charge in [-0.05, 0) is 18.6 Å². The zero-order valence-electron chi connectivity index (χ0n) is 12.3. The van der Waals surface area contributed by atoms with Crippen molar-refractivity contribution in [1.82, 2.24) is 10.2 Å². The number of nitrogens with two attached hydrogens (primary N) is 1. The van der Waals surface area contributed by atoms with E-state index in [4.69, 9.17) is 5.73 Å². The number of hydrogen-bond acceptors (Lipinski definition) is 4. The summed E-state index contributed by atoms with van der Waals surface area (Å²) in [7, 11) is 0. The zero-order valence-corrected chi connectivity index (χ0v) is 13.1. The third-order valence-electron chi connectivity index (χ3n) is 2.93. The van der Waals surface area contributed by atoms with Gasteiger partial charge in [-0.3, -0.25) is 4.79 Å². The van der Waals surface area contributed by atoms with Gasteiger partial charge in [-0.15, -0.1) is 16.4 Å². The highest BCUT2D eigenvalue weighted by molar-refractivity contribution is 7.22. The summed E-state index contributed by atoms with van der Waals surface area (Å²) in [5.74, 6) is -0.543. The molecule has 0 fully saturated rings. The molecule has 21 heavy (non-hydrogen) atoms. The average molecular weight is 299 g/mol. The second-order valence-electron chi connectivity index (χ2n) is 4.22. The number of hydrogen-bond donors (Lipinski definition) is 1. The smallest absolute Gasteiger partial charge is 0.270 e. The molecule has 3 rings (SSSR count). The lowest BCUT2D eigenvalue weighted by molar-refractivity contribution is 0.0996. The van der Waals surface area contributed by atoms with Crippen LogP contribution >= 0.6 is 11.3 Å². The van der Waals surface area contributed by atoms with Gasteiger partial charge in [0.15, 0.2) is 5.69 Å². The third kappa shape index (κ3) is 2.92. The van der Waals surface area contributed by atoms with E-state index in [-0.39, 0.29) is 5.69 Å². The molecule has 0 atom stereocenters. The maximum atomic E-state index is 11.4. The monoisotopic (exact) mass is 299 g/mol. The van der Waals surface area contributed by atoms with Crippen LogP contribution in [0.2, 0.25) is 0 Å². The fourth-order valence-electron chi connectivity index (χ4n) is 1.97. The lowest BCUT2D eigenvalue weighted by Crippen LogP contribution is -2.14. The predicted molar refractivity (Wildman–Crippen MR) is 87.5 cm³/mol. The van der Waals surface area contributed by atoms with Gasteiger partial charge in [-0.1, -0.05) is 44.2 Å². The Hall–Kier alpha value is -2.27. The number of fused-ring (bicyclic) bond motifs is 1. The molecule has 3 aromatic rings. The largest absolute Gasteiger partial charge is 0.364 e. The van der Waals surface area contributed by atoms with E-state index >= 15 is 0 Å². The van der Waals surface area contributed by atoms with Gasteiger partial charge in [-0.2, -0.15) is 5.10 Å². The summed E-state index contributed by atoms with van der Waals surface area (Å²) in [5, 5.41) is 8.83. The number of amides is 1. The van der Waals surface area contributed by atoms with Crippen LogP contribution < -0.4 is 5.73 Å². The standard InChI is InChI=1S/C14H11N3OS.C2H6/c1-8-10-7-11(9-5-3-2-4-6-9)19-13(10)12(14(15)18)17-16-8;1-2/h2-7H,1H3,(H2,15,18);1-2H3. The summed E-state index contributed by atoms with van der Waals surface area (Å²) in [6.45, 7) is 5.88. The van der Waals surface area contributed by atoms with E-state index in [0.717, 1.165) is 26.2 Å². The van der Waals surface area contributed by atoms with E-state index in [9.17, 15) is 4.79 Å². The fraction of sp³-hybridized carbons (Fsp3) is 0.188. The normalized spacial score (nSPS) is 10.0. The Labute approximate surface area is 127 Å². The van der Waals surface area contributed by atoms with E-state index in [1.807, 2.05) is 57.2 Å². The second kappa shape index (κ2) is 6.45. The molecular weight excluding hydrogens is 282 g/mol. The summed E-state index contributed by atoms with van der Waals surface area (Å²) < 4.78 is 0.804. The van der Waals surface area contributed by atoms with E-state index in [1.54, 1.807) is 0 Å². The number of thiophene rings is 1. The van der Waals surface area contributed by atoms with Crippen LogP contribution in [0.15, 0.2) is 36.4 Å². The Morgan fingerprint density at radius 1 is 1.14 bits per heavy atom. The molecule has 0 saturated heterocycles. The average Bonchev–Trinajstić information content (AvgIpc) is 2.96. The number of rotatable bonds is 2. The molecule has 0 aliphatic rings. The molecule has 0 radical (unpaired) electrons. The number of aromatic nitrogens is 2. The maximum absolute atomic E-state index is 11.4. The predicted octanol–water partition coefficient (Wildman–Crippen LogP) is 3.79. The highest BCUT2D eigenvalue weighted by Crippen LogP contribution is 2.35. The molecule has 0 saturated carbocycles. The Morgan fingerprint density at radius 3 is 2.43 bits per heavy atom. The quantitative estimate of drug-likeness (QED) is 0.782. The molecule has 5 heteroatoms. The van der Waals surface area contributed by atoms with Crippen molar-refractivity contribution in [1.29, 1.82) is 0 Å². The lowest BCUT2D eigenvalue weighted by atomic mass is 10.1. The highest BCUT2D eigenvalue weighted by Gasteiger charge is 2.15. The van der Waals surface area contributed by atoms with Crippen LogP contribution in [-0.2, 0) is 0 Å². The number of primary amides is 1. The van der Waals surface area contributed by atoms with Gasteiger partial charge in [0.05, 0.1) is 10.4 Å². The fourth-order valence-corrected chi connectivity index (χ4v) is 3.17. The Bertz CT molecular complexity index is 766. The van der Waals surface area contributed by atoms with Crippen LogP contribution in [0.1, 0.15) is 30.0 Å². The van der Waals surface area contributed by atoms with E-state index in [1.165, 1.54) is 11.3 Å². The topological polar surface area (TPSA) is 68.9 Å². The molecule has 1 aromatic carbocycles. The number of benzene rings is 1. The summed E-state index contributed by atoms with van der Waals surface area (Å²) in [6.07, 6.45) is 0. The molecule has 1 amide bonds. The van der Waals surface area contributed by atoms with E-state index in [0.29, 0.717) is 0 Å². The minimum absolute atomic E-state index is 0.243. The van der Waals surface area contributed by atoms with Crippen molar-refractivity contribution in [2.45, 2.75) is 20.8 Å². The van der Waals surface area contributed by atoms with Gasteiger partial charge < -0.3 is 5.73 Å². The van der Waals surface area contributed by atoms with Crippen LogP contribution in [-0.4, -0.2) is 16.1 Å². The molecule has 0 spiro atoms. The Kier molecular flexibility index (Phi) is 4.65. The number of carbonyl (C=O) groups is 1. The molecule has 0 unspecified atom stereocenters. The summed E-state index contributed by atoms with van der Waals surface area (Å²) in [6, 6.07) is 12.0. The van der Waals surface area contributed by atoms with Gasteiger partial charge in [0, 0.05) is 10.3 Å². The van der Waals surface area contributed by atoms with Crippen molar-refractivity contribution >= 4 is 27.3 Å². The first-order valence-electron chi connectivity index (χ1n) is 6.79. The van der Waals surface area contributed by atoms with Gasteiger partial charge >= 0.3 is 0 Å². The zero-order chi connectivity index (χ0) is 15.4. The van der Waals surface area contributed by atoms with Crippen LogP contribution in [0.25, 0.3) is 20.5 Å². The van der Waals surface area contributed by atoms with Crippen LogP contribution in [0.4, 0.5) is 0 Å². The minimum atomic E-state index is -0.543. The number of carbonyl (C=O) groups excluding carboxylic acids is 1. The van der Waals surface area contributed by atoms with E-state index < -0.39 is 5.91 Å². The van der Waals surface area contributed by atoms with Gasteiger partial charge in [0.1, 0.15) is 0 Å². The first kappa shape index (κ1) is 15.1. The summed E-state index contributed by atoms with van der Waals surface area (Å²) in [5.41, 5.74) is 7.50. The molecule has 2 heterocycles. The Balaban J connectivity index is 0.000000774. The first-order valence-corrected chi connectivity index (χ1v) is 7.60. The molecule has 0 aliphatic heterocycles. The van der Waals surface area contributed by atoms with Crippen molar-refractivity contribution in [2.75, 3.05) is 0 Å². The van der Waals surface area contributed by atoms with Crippen molar-refractivity contribution in [3.63, 3.8) is 0 Å². The molecule has 2 N–H and O–H groups in total. The van der Waals surface area contributed by atoms with Crippen molar-refractivity contribution in [3.8, 4) is 10.4 Å². The van der Waals surface area contributed by atoms with Crippen molar-refractivity contribution in [3.05, 3.63) is 47.8 Å². The van der Waals surface area contributed by atoms with Gasteiger partial charge in [0.25, 0.3) is 5.91 Å². The van der Waals surface area contributed by atoms with Crippen molar-refractivity contribution < 1.29 is 4.79 Å². The summed E-state index contributed by atoms with van der Waals surface area (Å²) in [4.78, 5) is 12.5. The number of aryl methyl sites for hydroxylation is 1. The molecule has 2 aromatic heterocycles. The molecule has 0 aliphatic carbocycles. The molecule has 0 bridgehead atoms. The van der Waals surface area contributed by atoms with Gasteiger partial charge in [0.2, 0.25) is 0 Å². The SMILES string of the molecule is CC.Cc1nnc(C(N)=O)c2sc(-c3ccccc3)cc12. The van der Waals surface area contributed by atoms with Gasteiger partial charge in [-0.25, -0.2) is 0 Å². The van der Waals surface area contributed by atoms with Crippen LogP contribution in [0, 0.1) is 6.92 Å². The maximum Gasteiger partial charge on any atom is 0.270 e. The highest BCUT2D eigenvalue weighted by atomic mass is 32.1. The number of nitrogens with zero attached hydrogens (tertiary/aromatic N) is 2.